The second-order valence-corrected chi connectivity index (χ2v) is 6.82. The van der Waals surface area contributed by atoms with E-state index >= 15 is 0 Å². The first-order valence-corrected chi connectivity index (χ1v) is 7.70. The number of hydrogen-bond acceptors (Lipinski definition) is 1. The lowest BCUT2D eigenvalue weighted by molar-refractivity contribution is -0.0104. The maximum atomic E-state index is 10.5. The molecular formula is C17H23O+. The van der Waals surface area contributed by atoms with E-state index in [9.17, 15) is 5.11 Å². The first kappa shape index (κ1) is 11.2. The molecule has 0 amide bonds. The molecule has 3 saturated carbocycles. The lowest BCUT2D eigenvalue weighted by atomic mass is 9.60. The molecule has 1 nitrogen and oxygen atoms in total. The fourth-order valence-electron chi connectivity index (χ4n) is 5.45. The Morgan fingerprint density at radius 2 is 1.94 bits per heavy atom. The van der Waals surface area contributed by atoms with Gasteiger partial charge < -0.3 is 5.11 Å². The minimum atomic E-state index is -0.0223. The van der Waals surface area contributed by atoms with Gasteiger partial charge in [-0.3, -0.25) is 0 Å². The van der Waals surface area contributed by atoms with Crippen molar-refractivity contribution in [2.45, 2.75) is 51.0 Å². The molecule has 0 aromatic heterocycles. The molecule has 0 radical (unpaired) electrons. The lowest BCUT2D eigenvalue weighted by Crippen LogP contribution is -2.42. The molecule has 18 heavy (non-hydrogen) atoms. The number of aliphatic hydroxyl groups excluding tert-OH is 1. The molecule has 4 rings (SSSR count). The summed E-state index contributed by atoms with van der Waals surface area (Å²) >= 11 is 0. The van der Waals surface area contributed by atoms with Crippen molar-refractivity contribution in [3.05, 3.63) is 30.2 Å². The predicted molar refractivity (Wildman–Crippen MR) is 72.8 cm³/mol. The van der Waals surface area contributed by atoms with Crippen molar-refractivity contribution in [3.8, 4) is 0 Å². The smallest absolute Gasteiger partial charge is 0.125 e. The molecule has 0 aromatic carbocycles. The maximum Gasteiger partial charge on any atom is 0.125 e. The summed E-state index contributed by atoms with van der Waals surface area (Å²) in [5.74, 6) is 3.93. The zero-order valence-electron chi connectivity index (χ0n) is 11.0. The monoisotopic (exact) mass is 243 g/mol. The second kappa shape index (κ2) is 3.90. The zero-order valence-corrected chi connectivity index (χ0v) is 11.0. The summed E-state index contributed by atoms with van der Waals surface area (Å²) < 4.78 is 0. The van der Waals surface area contributed by atoms with Crippen LogP contribution in [0.1, 0.15) is 44.9 Å². The normalized spacial score (nSPS) is 49.7. The van der Waals surface area contributed by atoms with E-state index in [1.54, 1.807) is 5.92 Å². The highest BCUT2D eigenvalue weighted by Gasteiger charge is 2.64. The van der Waals surface area contributed by atoms with Gasteiger partial charge in [-0.1, -0.05) is 24.6 Å². The van der Waals surface area contributed by atoms with Crippen LogP contribution in [0.15, 0.2) is 24.3 Å². The number of allylic oxidation sites excluding steroid dienone is 4. The van der Waals surface area contributed by atoms with Gasteiger partial charge in [0.25, 0.3) is 0 Å². The SMILES string of the molecule is O[C@@H]1CCC[C@@]12CCC[C+]1C3C=CC=CC3CC12. The molecule has 0 heterocycles. The molecule has 1 spiro atoms. The fraction of sp³-hybridized carbons (Fsp3) is 0.706. The van der Waals surface area contributed by atoms with E-state index in [0.717, 1.165) is 12.3 Å². The molecule has 5 atom stereocenters. The highest BCUT2D eigenvalue weighted by atomic mass is 16.3. The molecule has 3 fully saturated rings. The molecule has 1 N–H and O–H groups in total. The van der Waals surface area contributed by atoms with Crippen molar-refractivity contribution in [3.63, 3.8) is 0 Å². The Balaban J connectivity index is 1.69. The van der Waals surface area contributed by atoms with Gasteiger partial charge in [-0.15, -0.1) is 0 Å². The van der Waals surface area contributed by atoms with Crippen molar-refractivity contribution >= 4 is 0 Å². The second-order valence-electron chi connectivity index (χ2n) is 6.82. The van der Waals surface area contributed by atoms with Crippen molar-refractivity contribution in [2.24, 2.45) is 23.2 Å². The van der Waals surface area contributed by atoms with Gasteiger partial charge in [-0.05, 0) is 31.8 Å². The van der Waals surface area contributed by atoms with Gasteiger partial charge in [0.05, 0.1) is 12.5 Å². The molecule has 4 aliphatic rings. The number of fused-ring (bicyclic) bond motifs is 4. The van der Waals surface area contributed by atoms with Gasteiger partial charge in [-0.25, -0.2) is 0 Å². The van der Waals surface area contributed by atoms with Crippen LogP contribution >= 0.6 is 0 Å². The van der Waals surface area contributed by atoms with E-state index in [0.29, 0.717) is 11.8 Å². The average molecular weight is 243 g/mol. The number of hydrogen-bond donors (Lipinski definition) is 1. The number of aliphatic hydroxyl groups is 1. The van der Waals surface area contributed by atoms with Crippen LogP contribution < -0.4 is 0 Å². The quantitative estimate of drug-likeness (QED) is 0.644. The molecule has 0 bridgehead atoms. The van der Waals surface area contributed by atoms with Crippen molar-refractivity contribution < 1.29 is 5.11 Å². The Morgan fingerprint density at radius 1 is 1.11 bits per heavy atom. The molecule has 0 saturated heterocycles. The molecule has 4 aliphatic carbocycles. The van der Waals surface area contributed by atoms with E-state index in [2.05, 4.69) is 24.3 Å². The van der Waals surface area contributed by atoms with Crippen LogP contribution in [0.2, 0.25) is 0 Å². The zero-order chi connectivity index (χ0) is 12.2. The average Bonchev–Trinajstić information content (AvgIpc) is 2.94. The Morgan fingerprint density at radius 3 is 2.78 bits per heavy atom. The summed E-state index contributed by atoms with van der Waals surface area (Å²) in [6.45, 7) is 0. The third kappa shape index (κ3) is 1.34. The highest BCUT2D eigenvalue weighted by Crippen LogP contribution is 2.63. The summed E-state index contributed by atoms with van der Waals surface area (Å²) in [4.78, 5) is 0. The van der Waals surface area contributed by atoms with Gasteiger partial charge in [0.15, 0.2) is 0 Å². The van der Waals surface area contributed by atoms with Crippen LogP contribution in [-0.2, 0) is 0 Å². The largest absolute Gasteiger partial charge is 0.392 e. The van der Waals surface area contributed by atoms with Crippen LogP contribution in [-0.4, -0.2) is 11.2 Å². The van der Waals surface area contributed by atoms with Gasteiger partial charge in [0.1, 0.15) is 17.8 Å². The summed E-state index contributed by atoms with van der Waals surface area (Å²) in [6.07, 6.45) is 18.0. The minimum absolute atomic E-state index is 0.0223. The summed E-state index contributed by atoms with van der Waals surface area (Å²) in [6, 6.07) is 0. The van der Waals surface area contributed by atoms with Gasteiger partial charge in [0.2, 0.25) is 0 Å². The molecular weight excluding hydrogens is 220 g/mol. The van der Waals surface area contributed by atoms with Gasteiger partial charge in [0, 0.05) is 17.8 Å². The fourth-order valence-corrected chi connectivity index (χ4v) is 5.45. The minimum Gasteiger partial charge on any atom is -0.392 e. The molecule has 0 aromatic rings. The van der Waals surface area contributed by atoms with Crippen LogP contribution in [0.3, 0.4) is 0 Å². The predicted octanol–water partition coefficient (Wildman–Crippen LogP) is 3.65. The molecule has 3 unspecified atom stereocenters. The molecule has 96 valence electrons. The Labute approximate surface area is 110 Å². The van der Waals surface area contributed by atoms with E-state index < -0.39 is 0 Å². The van der Waals surface area contributed by atoms with Crippen molar-refractivity contribution in [1.29, 1.82) is 0 Å². The van der Waals surface area contributed by atoms with E-state index in [1.165, 1.54) is 38.5 Å². The van der Waals surface area contributed by atoms with Crippen molar-refractivity contribution in [1.82, 2.24) is 0 Å². The van der Waals surface area contributed by atoms with Crippen LogP contribution in [0.4, 0.5) is 0 Å². The maximum absolute atomic E-state index is 10.5. The van der Waals surface area contributed by atoms with E-state index in [-0.39, 0.29) is 11.5 Å². The summed E-state index contributed by atoms with van der Waals surface area (Å²) in [7, 11) is 0. The third-order valence-corrected chi connectivity index (χ3v) is 6.22. The Hall–Kier alpha value is -0.690. The van der Waals surface area contributed by atoms with E-state index in [4.69, 9.17) is 0 Å². The van der Waals surface area contributed by atoms with Gasteiger partial charge >= 0.3 is 0 Å². The van der Waals surface area contributed by atoms with Gasteiger partial charge in [-0.2, -0.15) is 0 Å². The highest BCUT2D eigenvalue weighted by molar-refractivity contribution is 5.30. The lowest BCUT2D eigenvalue weighted by Gasteiger charge is -2.40. The number of rotatable bonds is 0. The summed E-state index contributed by atoms with van der Waals surface area (Å²) in [5.41, 5.74) is 0.270. The molecule has 0 aliphatic heterocycles. The molecule has 1 heteroatoms. The van der Waals surface area contributed by atoms with Crippen LogP contribution in [0.5, 0.6) is 0 Å². The van der Waals surface area contributed by atoms with Crippen molar-refractivity contribution in [2.75, 3.05) is 0 Å². The first-order valence-electron chi connectivity index (χ1n) is 7.70. The van der Waals surface area contributed by atoms with Crippen LogP contribution in [0.25, 0.3) is 0 Å². The standard InChI is InChI=1S/C17H23O/c18-16-8-4-10-17(16)9-3-7-14-13-6-2-1-5-12(13)11-15(14)17/h1-2,5-6,12-13,15-16,18H,3-4,7-11H2/q+1/t12?,13?,15?,16-,17-/m1/s1. The Bertz CT molecular complexity index is 396. The summed E-state index contributed by atoms with van der Waals surface area (Å²) in [5, 5.41) is 10.5. The van der Waals surface area contributed by atoms with E-state index in [1.807, 2.05) is 0 Å². The third-order valence-electron chi connectivity index (χ3n) is 6.22. The Kier molecular flexibility index (Phi) is 2.42. The topological polar surface area (TPSA) is 20.2 Å². The first-order chi connectivity index (χ1) is 8.81. The van der Waals surface area contributed by atoms with Crippen LogP contribution in [0, 0.1) is 29.1 Å².